The molecule has 2 aliphatic rings. The number of carboxylic acid groups (broad SMARTS) is 1. The van der Waals surface area contributed by atoms with Gasteiger partial charge in [-0.1, -0.05) is 19.3 Å². The summed E-state index contributed by atoms with van der Waals surface area (Å²) in [5.41, 5.74) is -0.00670. The third-order valence-electron chi connectivity index (χ3n) is 5.26. The number of hydrogen-bond acceptors (Lipinski definition) is 3. The molecule has 0 atom stereocenters. The fourth-order valence-electron chi connectivity index (χ4n) is 3.78. The van der Waals surface area contributed by atoms with Gasteiger partial charge < -0.3 is 15.3 Å². The highest BCUT2D eigenvalue weighted by Crippen LogP contribution is 2.32. The molecule has 2 rings (SSSR count). The van der Waals surface area contributed by atoms with Gasteiger partial charge in [0.05, 0.1) is 0 Å². The van der Waals surface area contributed by atoms with Gasteiger partial charge in [0.15, 0.2) is 0 Å². The number of likely N-dealkylation sites (tertiary alicyclic amines) is 1. The Bertz CT molecular complexity index is 370. The van der Waals surface area contributed by atoms with Crippen molar-refractivity contribution in [2.24, 2.45) is 5.92 Å². The number of aliphatic carboxylic acids is 1. The minimum absolute atomic E-state index is 0.00670. The summed E-state index contributed by atoms with van der Waals surface area (Å²) < 4.78 is 0. The topological polar surface area (TPSA) is 69.6 Å². The number of hydrogen-bond donors (Lipinski definition) is 2. The van der Waals surface area contributed by atoms with Crippen LogP contribution in [0.4, 0.5) is 0 Å². The van der Waals surface area contributed by atoms with E-state index in [9.17, 15) is 9.59 Å². The number of nitrogens with zero attached hydrogens (tertiary/aromatic N) is 1. The van der Waals surface area contributed by atoms with E-state index in [1.54, 1.807) is 0 Å². The molecular formula is C16H28N2O3. The number of piperidine rings is 1. The van der Waals surface area contributed by atoms with Crippen LogP contribution >= 0.6 is 0 Å². The lowest BCUT2D eigenvalue weighted by molar-refractivity contribution is -0.139. The molecule has 5 heteroatoms. The molecule has 0 spiro atoms. The molecule has 0 aromatic heterocycles. The Kier molecular flexibility index (Phi) is 5.62. The van der Waals surface area contributed by atoms with Crippen molar-refractivity contribution in [1.29, 1.82) is 0 Å². The van der Waals surface area contributed by atoms with Gasteiger partial charge in [-0.3, -0.25) is 9.59 Å². The van der Waals surface area contributed by atoms with Crippen molar-refractivity contribution in [2.45, 2.75) is 63.3 Å². The number of amides is 1. The first-order valence-electron chi connectivity index (χ1n) is 8.23. The minimum atomic E-state index is -0.726. The molecule has 120 valence electrons. The van der Waals surface area contributed by atoms with Gasteiger partial charge in [-0.15, -0.1) is 0 Å². The molecule has 0 aromatic rings. The molecule has 0 radical (unpaired) electrons. The molecule has 2 N–H and O–H groups in total. The van der Waals surface area contributed by atoms with E-state index in [1.807, 2.05) is 11.9 Å². The first kappa shape index (κ1) is 16.3. The summed E-state index contributed by atoms with van der Waals surface area (Å²) in [6, 6.07) is 0. The lowest BCUT2D eigenvalue weighted by Gasteiger charge is -2.39. The van der Waals surface area contributed by atoms with Crippen LogP contribution in [-0.4, -0.2) is 47.6 Å². The molecule has 1 saturated carbocycles. The molecule has 1 saturated heterocycles. The Morgan fingerprint density at radius 3 is 2.33 bits per heavy atom. The zero-order valence-electron chi connectivity index (χ0n) is 13.1. The Morgan fingerprint density at radius 1 is 1.19 bits per heavy atom. The molecule has 1 aliphatic carbocycles. The van der Waals surface area contributed by atoms with E-state index in [0.717, 1.165) is 38.8 Å². The maximum Gasteiger partial charge on any atom is 0.303 e. The van der Waals surface area contributed by atoms with Gasteiger partial charge in [0.25, 0.3) is 0 Å². The standard InChI is InChI=1S/C16H28N2O3/c1-17-16(7-3-2-4-8-16)12-14(19)18-9-5-13(6-10-18)11-15(20)21/h13,17H,2-12H2,1H3,(H,20,21). The molecule has 21 heavy (non-hydrogen) atoms. The monoisotopic (exact) mass is 296 g/mol. The van der Waals surface area contributed by atoms with Gasteiger partial charge >= 0.3 is 5.97 Å². The van der Waals surface area contributed by atoms with Crippen molar-refractivity contribution in [3.63, 3.8) is 0 Å². The second-order valence-corrected chi connectivity index (χ2v) is 6.69. The van der Waals surface area contributed by atoms with E-state index in [0.29, 0.717) is 6.42 Å². The van der Waals surface area contributed by atoms with E-state index < -0.39 is 5.97 Å². The lowest BCUT2D eigenvalue weighted by atomic mass is 9.79. The van der Waals surface area contributed by atoms with Crippen LogP contribution < -0.4 is 5.32 Å². The highest BCUT2D eigenvalue weighted by atomic mass is 16.4. The van der Waals surface area contributed by atoms with Crippen molar-refractivity contribution in [3.05, 3.63) is 0 Å². The van der Waals surface area contributed by atoms with E-state index in [1.165, 1.54) is 19.3 Å². The summed E-state index contributed by atoms with van der Waals surface area (Å²) in [6.45, 7) is 1.44. The largest absolute Gasteiger partial charge is 0.481 e. The normalized spacial score (nSPS) is 23.0. The second-order valence-electron chi connectivity index (χ2n) is 6.69. The molecule has 0 aromatic carbocycles. The zero-order chi connectivity index (χ0) is 15.3. The molecular weight excluding hydrogens is 268 g/mol. The number of carbonyl (C=O) groups excluding carboxylic acids is 1. The highest BCUT2D eigenvalue weighted by molar-refractivity contribution is 5.77. The third kappa shape index (κ3) is 4.43. The summed E-state index contributed by atoms with van der Waals surface area (Å²) >= 11 is 0. The summed E-state index contributed by atoms with van der Waals surface area (Å²) in [4.78, 5) is 25.2. The van der Waals surface area contributed by atoms with Crippen LogP contribution in [-0.2, 0) is 9.59 Å². The Balaban J connectivity index is 1.82. The van der Waals surface area contributed by atoms with E-state index in [4.69, 9.17) is 5.11 Å². The predicted octanol–water partition coefficient (Wildman–Crippen LogP) is 2.01. The molecule has 5 nitrogen and oxygen atoms in total. The van der Waals surface area contributed by atoms with Crippen LogP contribution in [0.5, 0.6) is 0 Å². The summed E-state index contributed by atoms with van der Waals surface area (Å²) in [7, 11) is 1.97. The summed E-state index contributed by atoms with van der Waals surface area (Å²) in [5.74, 6) is -0.254. The Labute approximate surface area is 127 Å². The third-order valence-corrected chi connectivity index (χ3v) is 5.26. The van der Waals surface area contributed by atoms with Gasteiger partial charge in [0.2, 0.25) is 5.91 Å². The number of nitrogens with one attached hydrogen (secondary N) is 1. The van der Waals surface area contributed by atoms with Crippen molar-refractivity contribution >= 4 is 11.9 Å². The Morgan fingerprint density at radius 2 is 1.81 bits per heavy atom. The minimum Gasteiger partial charge on any atom is -0.481 e. The fraction of sp³-hybridized carbons (Fsp3) is 0.875. The van der Waals surface area contributed by atoms with Crippen LogP contribution in [0.1, 0.15) is 57.8 Å². The van der Waals surface area contributed by atoms with E-state index in [-0.39, 0.29) is 23.8 Å². The highest BCUT2D eigenvalue weighted by Gasteiger charge is 2.35. The van der Waals surface area contributed by atoms with Crippen LogP contribution in [0.15, 0.2) is 0 Å². The number of carboxylic acids is 1. The first-order valence-corrected chi connectivity index (χ1v) is 8.23. The van der Waals surface area contributed by atoms with Crippen LogP contribution in [0.2, 0.25) is 0 Å². The van der Waals surface area contributed by atoms with Crippen LogP contribution in [0, 0.1) is 5.92 Å². The van der Waals surface area contributed by atoms with Crippen molar-refractivity contribution < 1.29 is 14.7 Å². The fourth-order valence-corrected chi connectivity index (χ4v) is 3.78. The quantitative estimate of drug-likeness (QED) is 0.814. The van der Waals surface area contributed by atoms with Gasteiger partial charge in [-0.25, -0.2) is 0 Å². The molecule has 1 aliphatic heterocycles. The van der Waals surface area contributed by atoms with Gasteiger partial charge in [0, 0.05) is 31.5 Å². The van der Waals surface area contributed by atoms with E-state index in [2.05, 4.69) is 5.32 Å². The molecule has 2 fully saturated rings. The van der Waals surface area contributed by atoms with Crippen molar-refractivity contribution in [1.82, 2.24) is 10.2 Å². The molecule has 0 unspecified atom stereocenters. The first-order chi connectivity index (χ1) is 10.0. The van der Waals surface area contributed by atoms with Crippen LogP contribution in [0.3, 0.4) is 0 Å². The van der Waals surface area contributed by atoms with Gasteiger partial charge in [-0.05, 0) is 38.6 Å². The van der Waals surface area contributed by atoms with E-state index >= 15 is 0 Å². The average Bonchev–Trinajstić information content (AvgIpc) is 2.48. The second kappa shape index (κ2) is 7.25. The van der Waals surface area contributed by atoms with Gasteiger partial charge in [-0.2, -0.15) is 0 Å². The zero-order valence-corrected chi connectivity index (χ0v) is 13.1. The maximum absolute atomic E-state index is 12.5. The summed E-state index contributed by atoms with van der Waals surface area (Å²) in [6.07, 6.45) is 8.34. The summed E-state index contributed by atoms with van der Waals surface area (Å²) in [5, 5.41) is 12.2. The Hall–Kier alpha value is -1.10. The predicted molar refractivity (Wildman–Crippen MR) is 81.0 cm³/mol. The smallest absolute Gasteiger partial charge is 0.303 e. The number of carbonyl (C=O) groups is 2. The van der Waals surface area contributed by atoms with Crippen molar-refractivity contribution in [3.8, 4) is 0 Å². The van der Waals surface area contributed by atoms with Crippen molar-refractivity contribution in [2.75, 3.05) is 20.1 Å². The van der Waals surface area contributed by atoms with Gasteiger partial charge in [0.1, 0.15) is 0 Å². The molecule has 0 bridgehead atoms. The SMILES string of the molecule is CNC1(CC(=O)N2CCC(CC(=O)O)CC2)CCCCC1. The number of rotatable bonds is 5. The molecule has 1 amide bonds. The van der Waals surface area contributed by atoms with Crippen LogP contribution in [0.25, 0.3) is 0 Å². The average molecular weight is 296 g/mol. The maximum atomic E-state index is 12.5. The molecule has 1 heterocycles. The lowest BCUT2D eigenvalue weighted by Crippen LogP contribution is -2.50.